The number of amides is 1. The van der Waals surface area contributed by atoms with E-state index < -0.39 is 10.0 Å². The molecule has 28 heavy (non-hydrogen) atoms. The minimum atomic E-state index is -3.72. The zero-order chi connectivity index (χ0) is 19.9. The molecular formula is C19H19N3O4S2. The summed E-state index contributed by atoms with van der Waals surface area (Å²) in [5, 5.41) is 12.0. The topological polar surface area (TPSA) is 91.6 Å². The van der Waals surface area contributed by atoms with E-state index in [0.717, 1.165) is 17.0 Å². The van der Waals surface area contributed by atoms with E-state index in [2.05, 4.69) is 9.29 Å². The molecule has 9 heteroatoms. The molecule has 0 aliphatic carbocycles. The Balaban J connectivity index is 1.56. The molecule has 0 fully saturated rings. The van der Waals surface area contributed by atoms with E-state index in [1.165, 1.54) is 24.3 Å². The summed E-state index contributed by atoms with van der Waals surface area (Å²) in [6.07, 6.45) is 1.99. The number of anilines is 1. The van der Waals surface area contributed by atoms with Gasteiger partial charge in [0.05, 0.1) is 17.3 Å². The number of carbonyl (C=O) groups is 1. The van der Waals surface area contributed by atoms with Gasteiger partial charge < -0.3 is 14.6 Å². The van der Waals surface area contributed by atoms with Gasteiger partial charge in [-0.2, -0.15) is 0 Å². The number of fused-ring (bicyclic) bond motifs is 1. The first-order chi connectivity index (χ1) is 13.4. The van der Waals surface area contributed by atoms with E-state index in [4.69, 9.17) is 0 Å². The Bertz CT molecular complexity index is 1120. The van der Waals surface area contributed by atoms with Gasteiger partial charge in [0, 0.05) is 31.0 Å². The van der Waals surface area contributed by atoms with Crippen molar-refractivity contribution >= 4 is 33.0 Å². The Morgan fingerprint density at radius 1 is 1.21 bits per heavy atom. The SMILES string of the molecule is CC1c2cccn2CCN1C(=O)c1ccc(NS(=O)(=O)c2cccs2)cc1O. The molecule has 3 aromatic rings. The van der Waals surface area contributed by atoms with Crippen molar-refractivity contribution in [1.82, 2.24) is 9.47 Å². The molecule has 4 rings (SSSR count). The van der Waals surface area contributed by atoms with Gasteiger partial charge in [-0.25, -0.2) is 8.42 Å². The molecule has 1 aliphatic heterocycles. The van der Waals surface area contributed by atoms with E-state index >= 15 is 0 Å². The van der Waals surface area contributed by atoms with Crippen LogP contribution in [0.3, 0.4) is 0 Å². The summed E-state index contributed by atoms with van der Waals surface area (Å²) in [5.74, 6) is -0.547. The Hall–Kier alpha value is -2.78. The first-order valence-electron chi connectivity index (χ1n) is 8.72. The zero-order valence-electron chi connectivity index (χ0n) is 15.1. The van der Waals surface area contributed by atoms with E-state index in [-0.39, 0.29) is 33.2 Å². The lowest BCUT2D eigenvalue weighted by molar-refractivity contribution is 0.0641. The number of thiophene rings is 1. The molecule has 1 unspecified atom stereocenters. The molecule has 1 aliphatic rings. The quantitative estimate of drug-likeness (QED) is 0.682. The average Bonchev–Trinajstić information content (AvgIpc) is 3.34. The number of sulfonamides is 1. The van der Waals surface area contributed by atoms with Crippen LogP contribution in [-0.4, -0.2) is 35.4 Å². The fraction of sp³-hybridized carbons (Fsp3) is 0.211. The van der Waals surface area contributed by atoms with Gasteiger partial charge in [-0.3, -0.25) is 9.52 Å². The number of phenols is 1. The predicted molar refractivity (Wildman–Crippen MR) is 107 cm³/mol. The smallest absolute Gasteiger partial charge is 0.271 e. The van der Waals surface area contributed by atoms with Crippen LogP contribution < -0.4 is 4.72 Å². The van der Waals surface area contributed by atoms with Crippen molar-refractivity contribution < 1.29 is 18.3 Å². The third kappa shape index (κ3) is 3.27. The lowest BCUT2D eigenvalue weighted by Gasteiger charge is -2.35. The minimum absolute atomic E-state index is 0.118. The van der Waals surface area contributed by atoms with Crippen LogP contribution in [0.5, 0.6) is 5.75 Å². The van der Waals surface area contributed by atoms with Crippen LogP contribution in [0, 0.1) is 0 Å². The highest BCUT2D eigenvalue weighted by Crippen LogP contribution is 2.31. The molecular weight excluding hydrogens is 398 g/mol. The summed E-state index contributed by atoms with van der Waals surface area (Å²) >= 11 is 1.10. The van der Waals surface area contributed by atoms with E-state index in [1.807, 2.05) is 25.3 Å². The number of hydrogen-bond acceptors (Lipinski definition) is 5. The Kier molecular flexibility index (Phi) is 4.64. The van der Waals surface area contributed by atoms with Crippen molar-refractivity contribution in [3.63, 3.8) is 0 Å². The molecule has 0 bridgehead atoms. The molecule has 1 atom stereocenters. The molecule has 2 aromatic heterocycles. The van der Waals surface area contributed by atoms with Gasteiger partial charge in [0.15, 0.2) is 0 Å². The molecule has 0 saturated carbocycles. The number of nitrogens with one attached hydrogen (secondary N) is 1. The van der Waals surface area contributed by atoms with Gasteiger partial charge in [0.25, 0.3) is 15.9 Å². The van der Waals surface area contributed by atoms with E-state index in [1.54, 1.807) is 16.3 Å². The molecule has 1 amide bonds. The summed E-state index contributed by atoms with van der Waals surface area (Å²) in [4.78, 5) is 14.7. The maximum Gasteiger partial charge on any atom is 0.271 e. The van der Waals surface area contributed by atoms with E-state index in [0.29, 0.717) is 13.1 Å². The lowest BCUT2D eigenvalue weighted by atomic mass is 10.1. The van der Waals surface area contributed by atoms with Gasteiger partial charge in [0.2, 0.25) is 0 Å². The number of rotatable bonds is 4. The van der Waals surface area contributed by atoms with Crippen molar-refractivity contribution in [3.8, 4) is 5.75 Å². The monoisotopic (exact) mass is 417 g/mol. The molecule has 0 radical (unpaired) electrons. The van der Waals surface area contributed by atoms with Crippen LogP contribution in [0.15, 0.2) is 58.3 Å². The zero-order valence-corrected chi connectivity index (χ0v) is 16.7. The number of aromatic hydroxyl groups is 1. The van der Waals surface area contributed by atoms with Crippen molar-refractivity contribution in [2.75, 3.05) is 11.3 Å². The number of nitrogens with zero attached hydrogens (tertiary/aromatic N) is 2. The average molecular weight is 418 g/mol. The summed E-state index contributed by atoms with van der Waals surface area (Å²) in [6, 6.07) is 11.1. The normalized spacial score (nSPS) is 16.6. The van der Waals surface area contributed by atoms with Crippen LogP contribution in [-0.2, 0) is 16.6 Å². The standard InChI is InChI=1S/C19H19N3O4S2/c1-13-16-4-2-8-21(16)9-10-22(13)19(24)15-7-6-14(12-17(15)23)20-28(25,26)18-5-3-11-27-18/h2-8,11-13,20,23H,9-10H2,1H3. The summed E-state index contributed by atoms with van der Waals surface area (Å²) in [5.41, 5.74) is 1.38. The number of carbonyl (C=O) groups excluding carboxylic acids is 1. The molecule has 0 spiro atoms. The highest BCUT2D eigenvalue weighted by molar-refractivity contribution is 7.94. The van der Waals surface area contributed by atoms with Crippen LogP contribution in [0.25, 0.3) is 0 Å². The van der Waals surface area contributed by atoms with Crippen molar-refractivity contribution in [3.05, 3.63) is 65.3 Å². The molecule has 7 nitrogen and oxygen atoms in total. The van der Waals surface area contributed by atoms with E-state index in [9.17, 15) is 18.3 Å². The van der Waals surface area contributed by atoms with Crippen LogP contribution in [0.4, 0.5) is 5.69 Å². The highest BCUT2D eigenvalue weighted by Gasteiger charge is 2.29. The molecule has 0 saturated heterocycles. The fourth-order valence-corrected chi connectivity index (χ4v) is 5.45. The first kappa shape index (κ1) is 18.6. The summed E-state index contributed by atoms with van der Waals surface area (Å²) in [7, 11) is -3.72. The molecule has 3 heterocycles. The predicted octanol–water partition coefficient (Wildman–Crippen LogP) is 3.27. The Morgan fingerprint density at radius 2 is 2.04 bits per heavy atom. The number of phenolic OH excluding ortho intramolecular Hbond substituents is 1. The number of benzene rings is 1. The van der Waals surface area contributed by atoms with Crippen LogP contribution in [0.1, 0.15) is 29.0 Å². The Labute approximate surface area is 166 Å². The highest BCUT2D eigenvalue weighted by atomic mass is 32.2. The number of aromatic nitrogens is 1. The third-order valence-corrected chi connectivity index (χ3v) is 7.62. The van der Waals surface area contributed by atoms with Crippen molar-refractivity contribution in [1.29, 1.82) is 0 Å². The van der Waals surface area contributed by atoms with Crippen LogP contribution >= 0.6 is 11.3 Å². The van der Waals surface area contributed by atoms with Gasteiger partial charge >= 0.3 is 0 Å². The first-order valence-corrected chi connectivity index (χ1v) is 11.1. The Morgan fingerprint density at radius 3 is 2.75 bits per heavy atom. The van der Waals surface area contributed by atoms with Gasteiger partial charge in [-0.1, -0.05) is 6.07 Å². The minimum Gasteiger partial charge on any atom is -0.507 e. The number of hydrogen-bond donors (Lipinski definition) is 2. The second-order valence-electron chi connectivity index (χ2n) is 6.57. The summed E-state index contributed by atoms with van der Waals surface area (Å²) in [6.45, 7) is 3.18. The van der Waals surface area contributed by atoms with Crippen molar-refractivity contribution in [2.45, 2.75) is 23.7 Å². The molecule has 146 valence electrons. The van der Waals surface area contributed by atoms with Gasteiger partial charge in [-0.15, -0.1) is 11.3 Å². The molecule has 1 aromatic carbocycles. The second kappa shape index (κ2) is 6.99. The van der Waals surface area contributed by atoms with Gasteiger partial charge in [-0.05, 0) is 42.6 Å². The maximum absolute atomic E-state index is 13.0. The maximum atomic E-state index is 13.0. The lowest BCUT2D eigenvalue weighted by Crippen LogP contribution is -2.40. The second-order valence-corrected chi connectivity index (χ2v) is 9.43. The van der Waals surface area contributed by atoms with Crippen molar-refractivity contribution in [2.24, 2.45) is 0 Å². The summed E-state index contributed by atoms with van der Waals surface area (Å²) < 4.78 is 29.3. The fourth-order valence-electron chi connectivity index (χ4n) is 3.41. The van der Waals surface area contributed by atoms with Crippen LogP contribution in [0.2, 0.25) is 0 Å². The molecule has 2 N–H and O–H groups in total. The van der Waals surface area contributed by atoms with Gasteiger partial charge in [0.1, 0.15) is 9.96 Å². The third-order valence-electron chi connectivity index (χ3n) is 4.84. The largest absolute Gasteiger partial charge is 0.507 e.